The number of nitrogens with zero attached hydrogens (tertiary/aromatic N) is 1. The molecule has 0 spiro atoms. The van der Waals surface area contributed by atoms with Gasteiger partial charge in [0, 0.05) is 11.6 Å². The Labute approximate surface area is 98.2 Å². The Morgan fingerprint density at radius 1 is 1.44 bits per heavy atom. The molecule has 4 nitrogen and oxygen atoms in total. The van der Waals surface area contributed by atoms with Crippen LogP contribution in [0, 0.1) is 6.92 Å². The van der Waals surface area contributed by atoms with Crippen LogP contribution in [0.3, 0.4) is 0 Å². The van der Waals surface area contributed by atoms with E-state index in [2.05, 4.69) is 5.32 Å². The SMILES string of the molecule is Cc1ccc(CN2CC(=O)NC2=O)c(Cl)c1. The number of amides is 3. The van der Waals surface area contributed by atoms with E-state index in [0.29, 0.717) is 11.6 Å². The molecule has 16 heavy (non-hydrogen) atoms. The fraction of sp³-hybridized carbons (Fsp3) is 0.273. The molecular formula is C11H11ClN2O2. The second kappa shape index (κ2) is 4.14. The van der Waals surface area contributed by atoms with Gasteiger partial charge in [-0.25, -0.2) is 4.79 Å². The van der Waals surface area contributed by atoms with E-state index in [4.69, 9.17) is 11.6 Å². The fourth-order valence-electron chi connectivity index (χ4n) is 1.60. The quantitative estimate of drug-likeness (QED) is 0.798. The molecule has 0 saturated carbocycles. The third kappa shape index (κ3) is 2.17. The zero-order valence-corrected chi connectivity index (χ0v) is 9.54. The van der Waals surface area contributed by atoms with Crippen LogP contribution in [0.2, 0.25) is 5.02 Å². The molecule has 0 unspecified atom stereocenters. The van der Waals surface area contributed by atoms with Gasteiger partial charge in [0.05, 0.1) is 0 Å². The molecule has 1 aromatic rings. The van der Waals surface area contributed by atoms with Crippen LogP contribution in [0.4, 0.5) is 4.79 Å². The van der Waals surface area contributed by atoms with Gasteiger partial charge < -0.3 is 4.90 Å². The minimum absolute atomic E-state index is 0.100. The summed E-state index contributed by atoms with van der Waals surface area (Å²) in [5.41, 5.74) is 1.91. The van der Waals surface area contributed by atoms with E-state index in [-0.39, 0.29) is 18.5 Å². The normalized spacial score (nSPS) is 15.5. The average molecular weight is 239 g/mol. The summed E-state index contributed by atoms with van der Waals surface area (Å²) in [6, 6.07) is 5.28. The van der Waals surface area contributed by atoms with Crippen LogP contribution in [-0.2, 0) is 11.3 Å². The Hall–Kier alpha value is -1.55. The molecule has 84 valence electrons. The number of rotatable bonds is 2. The summed E-state index contributed by atoms with van der Waals surface area (Å²) < 4.78 is 0. The molecule has 1 heterocycles. The van der Waals surface area contributed by atoms with Gasteiger partial charge in [0.1, 0.15) is 6.54 Å². The molecule has 2 rings (SSSR count). The largest absolute Gasteiger partial charge is 0.324 e. The fourth-order valence-corrected chi connectivity index (χ4v) is 1.89. The molecular weight excluding hydrogens is 228 g/mol. The summed E-state index contributed by atoms with van der Waals surface area (Å²) in [5, 5.41) is 2.84. The summed E-state index contributed by atoms with van der Waals surface area (Å²) >= 11 is 6.05. The summed E-state index contributed by atoms with van der Waals surface area (Å²) in [6.45, 7) is 2.40. The van der Waals surface area contributed by atoms with Crippen molar-refractivity contribution in [3.05, 3.63) is 34.3 Å². The lowest BCUT2D eigenvalue weighted by Crippen LogP contribution is -2.27. The number of urea groups is 1. The molecule has 1 N–H and O–H groups in total. The van der Waals surface area contributed by atoms with Gasteiger partial charge in [-0.3, -0.25) is 10.1 Å². The predicted molar refractivity (Wildman–Crippen MR) is 60.1 cm³/mol. The highest BCUT2D eigenvalue weighted by Gasteiger charge is 2.26. The van der Waals surface area contributed by atoms with Crippen molar-refractivity contribution in [3.63, 3.8) is 0 Å². The lowest BCUT2D eigenvalue weighted by Gasteiger charge is -2.14. The molecule has 0 aromatic heterocycles. The van der Waals surface area contributed by atoms with Gasteiger partial charge in [0.15, 0.2) is 0 Å². The molecule has 1 aliphatic rings. The lowest BCUT2D eigenvalue weighted by atomic mass is 10.1. The zero-order chi connectivity index (χ0) is 11.7. The second-order valence-corrected chi connectivity index (χ2v) is 4.21. The van der Waals surface area contributed by atoms with Gasteiger partial charge in [-0.05, 0) is 24.1 Å². The lowest BCUT2D eigenvalue weighted by molar-refractivity contribution is -0.118. The van der Waals surface area contributed by atoms with Gasteiger partial charge >= 0.3 is 6.03 Å². The molecule has 1 aliphatic heterocycles. The zero-order valence-electron chi connectivity index (χ0n) is 8.79. The van der Waals surface area contributed by atoms with E-state index in [0.717, 1.165) is 11.1 Å². The molecule has 0 radical (unpaired) electrons. The number of carbonyl (C=O) groups is 2. The van der Waals surface area contributed by atoms with Gasteiger partial charge in [-0.15, -0.1) is 0 Å². The van der Waals surface area contributed by atoms with E-state index < -0.39 is 0 Å². The standard InChI is InChI=1S/C11H11ClN2O2/c1-7-2-3-8(9(12)4-7)5-14-6-10(15)13-11(14)16/h2-4H,5-6H2,1H3,(H,13,15,16). The number of benzene rings is 1. The molecule has 1 aromatic carbocycles. The topological polar surface area (TPSA) is 49.4 Å². The molecule has 1 fully saturated rings. The van der Waals surface area contributed by atoms with Crippen LogP contribution in [0.25, 0.3) is 0 Å². The van der Waals surface area contributed by atoms with Crippen molar-refractivity contribution >= 4 is 23.5 Å². The predicted octanol–water partition coefficient (Wildman–Crippen LogP) is 1.70. The molecule has 5 heteroatoms. The van der Waals surface area contributed by atoms with E-state index in [9.17, 15) is 9.59 Å². The smallest absolute Gasteiger partial charge is 0.311 e. The van der Waals surface area contributed by atoms with Gasteiger partial charge in [-0.2, -0.15) is 0 Å². The minimum Gasteiger partial charge on any atom is -0.311 e. The number of imide groups is 1. The third-order valence-electron chi connectivity index (χ3n) is 2.44. The van der Waals surface area contributed by atoms with E-state index in [1.54, 1.807) is 0 Å². The highest BCUT2D eigenvalue weighted by atomic mass is 35.5. The molecule has 1 saturated heterocycles. The van der Waals surface area contributed by atoms with E-state index in [1.165, 1.54) is 4.90 Å². The maximum Gasteiger partial charge on any atom is 0.324 e. The molecule has 0 atom stereocenters. The Morgan fingerprint density at radius 3 is 2.75 bits per heavy atom. The first-order chi connectivity index (χ1) is 7.56. The van der Waals surface area contributed by atoms with Crippen LogP contribution in [0.15, 0.2) is 18.2 Å². The Morgan fingerprint density at radius 2 is 2.19 bits per heavy atom. The number of carbonyl (C=O) groups excluding carboxylic acids is 2. The number of aryl methyl sites for hydroxylation is 1. The maximum absolute atomic E-state index is 11.3. The van der Waals surface area contributed by atoms with E-state index >= 15 is 0 Å². The Bertz CT molecular complexity index is 459. The van der Waals surface area contributed by atoms with Crippen molar-refractivity contribution in [2.24, 2.45) is 0 Å². The first-order valence-corrected chi connectivity index (χ1v) is 5.28. The van der Waals surface area contributed by atoms with Crippen molar-refractivity contribution in [1.29, 1.82) is 0 Å². The van der Waals surface area contributed by atoms with Crippen molar-refractivity contribution in [1.82, 2.24) is 10.2 Å². The van der Waals surface area contributed by atoms with Crippen LogP contribution >= 0.6 is 11.6 Å². The van der Waals surface area contributed by atoms with Gasteiger partial charge in [0.2, 0.25) is 5.91 Å². The van der Waals surface area contributed by atoms with Crippen LogP contribution < -0.4 is 5.32 Å². The average Bonchev–Trinajstić information content (AvgIpc) is 2.50. The summed E-state index contributed by atoms with van der Waals surface area (Å²) in [5.74, 6) is -0.270. The van der Waals surface area contributed by atoms with Gasteiger partial charge in [-0.1, -0.05) is 23.7 Å². The summed E-state index contributed by atoms with van der Waals surface area (Å²) in [6.07, 6.45) is 0. The number of halogens is 1. The number of nitrogens with one attached hydrogen (secondary N) is 1. The number of hydrogen-bond acceptors (Lipinski definition) is 2. The minimum atomic E-state index is -0.360. The van der Waals surface area contributed by atoms with E-state index in [1.807, 2.05) is 25.1 Å². The highest BCUT2D eigenvalue weighted by molar-refractivity contribution is 6.31. The third-order valence-corrected chi connectivity index (χ3v) is 2.79. The summed E-state index contributed by atoms with van der Waals surface area (Å²) in [7, 11) is 0. The first kappa shape index (κ1) is 11.0. The molecule has 0 aliphatic carbocycles. The first-order valence-electron chi connectivity index (χ1n) is 4.90. The highest BCUT2D eigenvalue weighted by Crippen LogP contribution is 2.19. The van der Waals surface area contributed by atoms with Crippen LogP contribution in [-0.4, -0.2) is 23.4 Å². The van der Waals surface area contributed by atoms with Gasteiger partial charge in [0.25, 0.3) is 0 Å². The van der Waals surface area contributed by atoms with Crippen LogP contribution in [0.5, 0.6) is 0 Å². The van der Waals surface area contributed by atoms with Crippen molar-refractivity contribution in [2.75, 3.05) is 6.54 Å². The Balaban J connectivity index is 2.15. The van der Waals surface area contributed by atoms with Crippen LogP contribution in [0.1, 0.15) is 11.1 Å². The monoisotopic (exact) mass is 238 g/mol. The molecule has 3 amide bonds. The second-order valence-electron chi connectivity index (χ2n) is 3.80. The number of hydrogen-bond donors (Lipinski definition) is 1. The van der Waals surface area contributed by atoms with Crippen molar-refractivity contribution < 1.29 is 9.59 Å². The van der Waals surface area contributed by atoms with Crippen molar-refractivity contribution in [2.45, 2.75) is 13.5 Å². The molecule has 0 bridgehead atoms. The Kier molecular flexibility index (Phi) is 2.83. The summed E-state index contributed by atoms with van der Waals surface area (Å²) in [4.78, 5) is 23.7. The maximum atomic E-state index is 11.3. The van der Waals surface area contributed by atoms with Crippen molar-refractivity contribution in [3.8, 4) is 0 Å².